The molecule has 0 amide bonds. The van der Waals surface area contributed by atoms with Gasteiger partial charge in [0.15, 0.2) is 0 Å². The van der Waals surface area contributed by atoms with Gasteiger partial charge in [-0.1, -0.05) is 15.9 Å². The summed E-state index contributed by atoms with van der Waals surface area (Å²) in [6.45, 7) is 0.541. The highest BCUT2D eigenvalue weighted by Crippen LogP contribution is 2.21. The molecule has 0 bridgehead atoms. The lowest BCUT2D eigenvalue weighted by Gasteiger charge is -2.07. The molecule has 0 spiro atoms. The van der Waals surface area contributed by atoms with Gasteiger partial charge >= 0.3 is 0 Å². The van der Waals surface area contributed by atoms with E-state index in [1.807, 2.05) is 24.3 Å². The topological polar surface area (TPSA) is 61.6 Å². The fourth-order valence-corrected chi connectivity index (χ4v) is 1.73. The van der Waals surface area contributed by atoms with Gasteiger partial charge in [0.25, 0.3) is 0 Å². The molecule has 0 unspecified atom stereocenters. The lowest BCUT2D eigenvalue weighted by atomic mass is 10.2. The Bertz CT molecular complexity index is 548. The molecule has 0 atom stereocenters. The minimum Gasteiger partial charge on any atom is -0.378 e. The molecular formula is C12H9BrN4. The fraction of sp³-hybridized carbons (Fsp3) is 0.0833. The first-order chi connectivity index (χ1) is 8.29. The highest BCUT2D eigenvalue weighted by molar-refractivity contribution is 9.10. The van der Waals surface area contributed by atoms with Crippen LogP contribution in [0.4, 0.5) is 5.69 Å². The van der Waals surface area contributed by atoms with Crippen LogP contribution in [0.15, 0.2) is 41.0 Å². The van der Waals surface area contributed by atoms with Gasteiger partial charge in [-0.3, -0.25) is 0 Å². The first kappa shape index (κ1) is 11.6. The van der Waals surface area contributed by atoms with E-state index in [2.05, 4.69) is 37.5 Å². The maximum absolute atomic E-state index is 8.97. The molecule has 84 valence electrons. The zero-order chi connectivity index (χ0) is 12.1. The molecule has 1 aromatic carbocycles. The third-order valence-corrected chi connectivity index (χ3v) is 2.68. The number of hydrogen-bond acceptors (Lipinski definition) is 4. The zero-order valence-corrected chi connectivity index (χ0v) is 10.5. The second-order valence-corrected chi connectivity index (χ2v) is 4.29. The van der Waals surface area contributed by atoms with Crippen molar-refractivity contribution >= 4 is 21.6 Å². The number of rotatable bonds is 3. The average molecular weight is 289 g/mol. The number of nitrogens with zero attached hydrogens (tertiary/aromatic N) is 3. The van der Waals surface area contributed by atoms with E-state index in [-0.39, 0.29) is 0 Å². The van der Waals surface area contributed by atoms with E-state index in [9.17, 15) is 0 Å². The molecule has 0 aliphatic rings. The van der Waals surface area contributed by atoms with Crippen LogP contribution in [0.25, 0.3) is 0 Å². The van der Waals surface area contributed by atoms with Crippen molar-refractivity contribution in [2.24, 2.45) is 0 Å². The van der Waals surface area contributed by atoms with Crippen LogP contribution in [0.5, 0.6) is 0 Å². The standard InChI is InChI=1S/C12H9BrN4/c13-10-4-3-9(7-14)12(6-10)15-8-11-2-1-5-16-17-11/h1-6,15H,8H2. The maximum Gasteiger partial charge on any atom is 0.101 e. The van der Waals surface area contributed by atoms with Crippen LogP contribution in [-0.2, 0) is 6.54 Å². The summed E-state index contributed by atoms with van der Waals surface area (Å²) in [6, 6.07) is 11.3. The molecule has 1 N–H and O–H groups in total. The van der Waals surface area contributed by atoms with Crippen molar-refractivity contribution in [3.63, 3.8) is 0 Å². The molecule has 0 fully saturated rings. The van der Waals surface area contributed by atoms with E-state index in [4.69, 9.17) is 5.26 Å². The monoisotopic (exact) mass is 288 g/mol. The SMILES string of the molecule is N#Cc1ccc(Br)cc1NCc1cccnn1. The van der Waals surface area contributed by atoms with Crippen LogP contribution in [-0.4, -0.2) is 10.2 Å². The van der Waals surface area contributed by atoms with Gasteiger partial charge in [-0.05, 0) is 30.3 Å². The van der Waals surface area contributed by atoms with E-state index >= 15 is 0 Å². The van der Waals surface area contributed by atoms with Crippen LogP contribution < -0.4 is 5.32 Å². The lowest BCUT2D eigenvalue weighted by Crippen LogP contribution is -2.03. The molecule has 1 heterocycles. The predicted octanol–water partition coefficient (Wildman–Crippen LogP) is 2.72. The Morgan fingerprint density at radius 1 is 1.35 bits per heavy atom. The largest absolute Gasteiger partial charge is 0.378 e. The average Bonchev–Trinajstić information content (AvgIpc) is 2.38. The second-order valence-electron chi connectivity index (χ2n) is 3.37. The molecule has 1 aromatic heterocycles. The number of halogens is 1. The number of anilines is 1. The summed E-state index contributed by atoms with van der Waals surface area (Å²) in [5.74, 6) is 0. The Morgan fingerprint density at radius 3 is 2.94 bits per heavy atom. The summed E-state index contributed by atoms with van der Waals surface area (Å²) in [7, 11) is 0. The Kier molecular flexibility index (Phi) is 3.68. The lowest BCUT2D eigenvalue weighted by molar-refractivity contribution is 0.924. The Labute approximate surface area is 107 Å². The molecule has 0 aliphatic heterocycles. The summed E-state index contributed by atoms with van der Waals surface area (Å²) in [5, 5.41) is 19.9. The van der Waals surface area contributed by atoms with Crippen molar-refractivity contribution in [2.45, 2.75) is 6.54 Å². The molecule has 5 heteroatoms. The Morgan fingerprint density at radius 2 is 2.24 bits per heavy atom. The fourth-order valence-electron chi connectivity index (χ4n) is 1.37. The number of nitrogens with one attached hydrogen (secondary N) is 1. The van der Waals surface area contributed by atoms with E-state index < -0.39 is 0 Å². The van der Waals surface area contributed by atoms with Crippen molar-refractivity contribution in [2.75, 3.05) is 5.32 Å². The molecular weight excluding hydrogens is 280 g/mol. The normalized spacial score (nSPS) is 9.65. The van der Waals surface area contributed by atoms with Crippen molar-refractivity contribution in [1.29, 1.82) is 5.26 Å². The van der Waals surface area contributed by atoms with Crippen molar-refractivity contribution in [3.8, 4) is 6.07 Å². The zero-order valence-electron chi connectivity index (χ0n) is 8.89. The number of aromatic nitrogens is 2. The van der Waals surface area contributed by atoms with Gasteiger partial charge in [0.2, 0.25) is 0 Å². The predicted molar refractivity (Wildman–Crippen MR) is 68.2 cm³/mol. The molecule has 17 heavy (non-hydrogen) atoms. The summed E-state index contributed by atoms with van der Waals surface area (Å²) in [6.07, 6.45) is 1.63. The third-order valence-electron chi connectivity index (χ3n) is 2.19. The van der Waals surface area contributed by atoms with Crippen LogP contribution >= 0.6 is 15.9 Å². The summed E-state index contributed by atoms with van der Waals surface area (Å²) in [4.78, 5) is 0. The summed E-state index contributed by atoms with van der Waals surface area (Å²) >= 11 is 3.37. The molecule has 0 aliphatic carbocycles. The first-order valence-electron chi connectivity index (χ1n) is 4.99. The highest BCUT2D eigenvalue weighted by atomic mass is 79.9. The quantitative estimate of drug-likeness (QED) is 0.943. The summed E-state index contributed by atoms with van der Waals surface area (Å²) < 4.78 is 0.929. The summed E-state index contributed by atoms with van der Waals surface area (Å²) in [5.41, 5.74) is 2.22. The van der Waals surface area contributed by atoms with E-state index in [0.717, 1.165) is 15.9 Å². The van der Waals surface area contributed by atoms with E-state index in [1.54, 1.807) is 12.3 Å². The van der Waals surface area contributed by atoms with Crippen LogP contribution in [0.1, 0.15) is 11.3 Å². The van der Waals surface area contributed by atoms with Gasteiger partial charge in [0.05, 0.1) is 23.5 Å². The molecule has 2 aromatic rings. The van der Waals surface area contributed by atoms with Gasteiger partial charge in [0, 0.05) is 10.7 Å². The van der Waals surface area contributed by atoms with Gasteiger partial charge in [-0.25, -0.2) is 0 Å². The molecule has 2 rings (SSSR count). The molecule has 0 radical (unpaired) electrons. The van der Waals surface area contributed by atoms with Gasteiger partial charge in [-0.2, -0.15) is 15.5 Å². The van der Waals surface area contributed by atoms with Crippen molar-refractivity contribution in [1.82, 2.24) is 10.2 Å². The number of benzene rings is 1. The minimum absolute atomic E-state index is 0.541. The van der Waals surface area contributed by atoms with Crippen LogP contribution in [0.3, 0.4) is 0 Å². The Hall–Kier alpha value is -1.93. The highest BCUT2D eigenvalue weighted by Gasteiger charge is 2.02. The smallest absolute Gasteiger partial charge is 0.101 e. The second kappa shape index (κ2) is 5.41. The van der Waals surface area contributed by atoms with E-state index in [1.165, 1.54) is 0 Å². The molecule has 4 nitrogen and oxygen atoms in total. The number of hydrogen-bond donors (Lipinski definition) is 1. The number of nitriles is 1. The van der Waals surface area contributed by atoms with Crippen molar-refractivity contribution in [3.05, 3.63) is 52.3 Å². The maximum atomic E-state index is 8.97. The first-order valence-corrected chi connectivity index (χ1v) is 5.79. The van der Waals surface area contributed by atoms with Crippen molar-refractivity contribution < 1.29 is 0 Å². The molecule has 0 saturated carbocycles. The van der Waals surface area contributed by atoms with Gasteiger partial charge in [0.1, 0.15) is 6.07 Å². The van der Waals surface area contributed by atoms with Crippen LogP contribution in [0.2, 0.25) is 0 Å². The molecule has 0 saturated heterocycles. The van der Waals surface area contributed by atoms with Gasteiger partial charge < -0.3 is 5.32 Å². The minimum atomic E-state index is 0.541. The Balaban J connectivity index is 2.14. The van der Waals surface area contributed by atoms with Crippen LogP contribution in [0, 0.1) is 11.3 Å². The van der Waals surface area contributed by atoms with E-state index in [0.29, 0.717) is 12.1 Å². The van der Waals surface area contributed by atoms with Gasteiger partial charge in [-0.15, -0.1) is 0 Å². The third kappa shape index (κ3) is 3.02.